The summed E-state index contributed by atoms with van der Waals surface area (Å²) in [5.74, 6) is 0.675. The van der Waals surface area contributed by atoms with E-state index in [4.69, 9.17) is 9.47 Å². The second kappa shape index (κ2) is 11.2. The highest BCUT2D eigenvalue weighted by molar-refractivity contribution is 9.11. The van der Waals surface area contributed by atoms with Gasteiger partial charge in [0.2, 0.25) is 11.8 Å². The molecule has 7 nitrogen and oxygen atoms in total. The van der Waals surface area contributed by atoms with Crippen LogP contribution in [-0.2, 0) is 16.1 Å². The molecule has 2 unspecified atom stereocenters. The topological polar surface area (TPSA) is 80.8 Å². The lowest BCUT2D eigenvalue weighted by Crippen LogP contribution is -2.48. The highest BCUT2D eigenvalue weighted by Crippen LogP contribution is 2.43. The molecule has 2 amide bonds. The van der Waals surface area contributed by atoms with E-state index < -0.39 is 12.0 Å². The number of nitrogens with one attached hydrogen (secondary N) is 1. The van der Waals surface area contributed by atoms with Crippen LogP contribution in [-0.4, -0.2) is 31.0 Å². The van der Waals surface area contributed by atoms with E-state index in [2.05, 4.69) is 42.2 Å². The number of carbonyl (C=O) groups is 2. The molecule has 0 spiro atoms. The van der Waals surface area contributed by atoms with Gasteiger partial charge in [-0.05, 0) is 86.3 Å². The molecule has 0 saturated carbocycles. The number of ether oxygens (including phenoxy) is 2. The molecular formula is C26H25Br2N3O4. The fourth-order valence-electron chi connectivity index (χ4n) is 4.42. The monoisotopic (exact) mass is 601 g/mol. The van der Waals surface area contributed by atoms with Gasteiger partial charge in [0.1, 0.15) is 20.7 Å². The first kappa shape index (κ1) is 25.2. The molecule has 3 aromatic rings. The summed E-state index contributed by atoms with van der Waals surface area (Å²) >= 11 is 6.76. The van der Waals surface area contributed by atoms with Gasteiger partial charge in [-0.2, -0.15) is 0 Å². The van der Waals surface area contributed by atoms with Crippen LogP contribution in [0.1, 0.15) is 30.0 Å². The summed E-state index contributed by atoms with van der Waals surface area (Å²) < 4.78 is 12.3. The number of hydrogen-bond acceptors (Lipinski definition) is 5. The Balaban J connectivity index is 1.70. The van der Waals surface area contributed by atoms with Gasteiger partial charge in [-0.1, -0.05) is 18.2 Å². The molecule has 1 saturated heterocycles. The second-order valence-corrected chi connectivity index (χ2v) is 9.76. The molecule has 1 N–H and O–H groups in total. The Morgan fingerprint density at radius 2 is 1.74 bits per heavy atom. The van der Waals surface area contributed by atoms with Gasteiger partial charge in [0, 0.05) is 24.2 Å². The quantitative estimate of drug-likeness (QED) is 0.365. The molecule has 0 aliphatic carbocycles. The van der Waals surface area contributed by atoms with Crippen molar-refractivity contribution in [3.05, 3.63) is 81.0 Å². The Hall–Kier alpha value is -2.91. The normalized spacial score (nSPS) is 17.7. The molecule has 1 aliphatic rings. The smallest absolute Gasteiger partial charge is 0.227 e. The number of pyridine rings is 1. The first-order valence-corrected chi connectivity index (χ1v) is 12.7. The molecule has 35 heavy (non-hydrogen) atoms. The zero-order chi connectivity index (χ0) is 24.9. The number of anilines is 1. The molecule has 0 bridgehead atoms. The first-order valence-electron chi connectivity index (χ1n) is 11.1. The maximum absolute atomic E-state index is 13.6. The second-order valence-electron chi connectivity index (χ2n) is 8.13. The number of nitrogens with zero attached hydrogens (tertiary/aromatic N) is 2. The average molecular weight is 603 g/mol. The molecule has 1 aromatic heterocycles. The summed E-state index contributed by atoms with van der Waals surface area (Å²) in [5, 5.41) is 3.06. The number of para-hydroxylation sites is 1. The van der Waals surface area contributed by atoms with Crippen LogP contribution in [0, 0.1) is 5.92 Å². The maximum Gasteiger partial charge on any atom is 0.227 e. The summed E-state index contributed by atoms with van der Waals surface area (Å²) in [7, 11) is 3.19. The summed E-state index contributed by atoms with van der Waals surface area (Å²) in [6.45, 7) is 0.337. The van der Waals surface area contributed by atoms with Crippen molar-refractivity contribution < 1.29 is 19.1 Å². The lowest BCUT2D eigenvalue weighted by molar-refractivity contribution is -0.129. The highest BCUT2D eigenvalue weighted by atomic mass is 79.9. The Morgan fingerprint density at radius 3 is 2.40 bits per heavy atom. The lowest BCUT2D eigenvalue weighted by atomic mass is 9.82. The van der Waals surface area contributed by atoms with Crippen LogP contribution in [0.15, 0.2) is 69.9 Å². The van der Waals surface area contributed by atoms with Gasteiger partial charge in [-0.25, -0.2) is 4.98 Å². The van der Waals surface area contributed by atoms with Crippen molar-refractivity contribution in [3.8, 4) is 11.5 Å². The SMILES string of the molecule is COc1ccc(N2C(=O)CCC(C(=O)NCc3cc(Br)nc(Br)c3)C2c2ccccc2OC)cc1. The zero-order valence-electron chi connectivity index (χ0n) is 19.3. The number of piperidine rings is 1. The van der Waals surface area contributed by atoms with Gasteiger partial charge in [0.05, 0.1) is 26.2 Å². The Labute approximate surface area is 221 Å². The van der Waals surface area contributed by atoms with Crippen molar-refractivity contribution in [1.82, 2.24) is 10.3 Å². The number of hydrogen-bond donors (Lipinski definition) is 1. The van der Waals surface area contributed by atoms with Crippen LogP contribution in [0.3, 0.4) is 0 Å². The van der Waals surface area contributed by atoms with E-state index in [1.807, 2.05) is 60.7 Å². The third-order valence-corrected chi connectivity index (χ3v) is 6.84. The fourth-order valence-corrected chi connectivity index (χ4v) is 5.63. The van der Waals surface area contributed by atoms with E-state index >= 15 is 0 Å². The van der Waals surface area contributed by atoms with Gasteiger partial charge in [-0.15, -0.1) is 0 Å². The predicted octanol–water partition coefficient (Wildman–Crippen LogP) is 5.42. The van der Waals surface area contributed by atoms with E-state index in [0.29, 0.717) is 39.4 Å². The number of amides is 2. The highest BCUT2D eigenvalue weighted by Gasteiger charge is 2.42. The zero-order valence-corrected chi connectivity index (χ0v) is 22.5. The number of rotatable bonds is 7. The third-order valence-electron chi connectivity index (χ3n) is 6.03. The van der Waals surface area contributed by atoms with E-state index in [1.54, 1.807) is 19.1 Å². The molecule has 0 radical (unpaired) electrons. The van der Waals surface area contributed by atoms with Gasteiger partial charge in [0.25, 0.3) is 0 Å². The van der Waals surface area contributed by atoms with Crippen LogP contribution in [0.25, 0.3) is 0 Å². The molecular weight excluding hydrogens is 578 g/mol. The van der Waals surface area contributed by atoms with Crippen LogP contribution in [0.4, 0.5) is 5.69 Å². The molecule has 9 heteroatoms. The van der Waals surface area contributed by atoms with Gasteiger partial charge in [-0.3, -0.25) is 9.59 Å². The van der Waals surface area contributed by atoms with E-state index in [-0.39, 0.29) is 18.2 Å². The van der Waals surface area contributed by atoms with Crippen LogP contribution >= 0.6 is 31.9 Å². The number of methoxy groups -OCH3 is 2. The van der Waals surface area contributed by atoms with Crippen molar-refractivity contribution in [2.45, 2.75) is 25.4 Å². The van der Waals surface area contributed by atoms with Crippen molar-refractivity contribution in [1.29, 1.82) is 0 Å². The van der Waals surface area contributed by atoms with Crippen LogP contribution < -0.4 is 19.7 Å². The summed E-state index contributed by atoms with van der Waals surface area (Å²) in [4.78, 5) is 32.8. The number of benzene rings is 2. The Kier molecular flexibility index (Phi) is 8.07. The maximum atomic E-state index is 13.6. The van der Waals surface area contributed by atoms with E-state index in [0.717, 1.165) is 11.1 Å². The van der Waals surface area contributed by atoms with Crippen LogP contribution in [0.2, 0.25) is 0 Å². The summed E-state index contributed by atoms with van der Waals surface area (Å²) in [5.41, 5.74) is 2.39. The Bertz CT molecular complexity index is 1200. The molecule has 2 atom stereocenters. The first-order chi connectivity index (χ1) is 16.9. The number of aromatic nitrogens is 1. The van der Waals surface area contributed by atoms with Crippen molar-refractivity contribution >= 4 is 49.4 Å². The molecule has 1 aliphatic heterocycles. The van der Waals surface area contributed by atoms with Gasteiger partial charge < -0.3 is 19.7 Å². The standard InChI is InChI=1S/C26H25Br2N3O4/c1-34-18-9-7-17(8-10-18)31-24(32)12-11-20(25(31)19-5-3-4-6-21(19)35-2)26(33)29-15-16-13-22(27)30-23(28)14-16/h3-10,13-14,20,25H,11-12,15H2,1-2H3,(H,29,33). The van der Waals surface area contributed by atoms with Crippen molar-refractivity contribution in [3.63, 3.8) is 0 Å². The molecule has 2 aromatic carbocycles. The molecule has 1 fully saturated rings. The predicted molar refractivity (Wildman–Crippen MR) is 140 cm³/mol. The minimum absolute atomic E-state index is 0.0443. The van der Waals surface area contributed by atoms with E-state index in [9.17, 15) is 9.59 Å². The lowest BCUT2D eigenvalue weighted by Gasteiger charge is -2.41. The number of carbonyl (C=O) groups excluding carboxylic acids is 2. The number of halogens is 2. The molecule has 2 heterocycles. The minimum atomic E-state index is -0.531. The fraction of sp³-hybridized carbons (Fsp3) is 0.269. The average Bonchev–Trinajstić information content (AvgIpc) is 2.86. The molecule has 4 rings (SSSR count). The summed E-state index contributed by atoms with van der Waals surface area (Å²) in [6.07, 6.45) is 0.700. The van der Waals surface area contributed by atoms with Crippen LogP contribution in [0.5, 0.6) is 11.5 Å². The van der Waals surface area contributed by atoms with Gasteiger partial charge in [0.15, 0.2) is 0 Å². The van der Waals surface area contributed by atoms with Crippen molar-refractivity contribution in [2.75, 3.05) is 19.1 Å². The summed E-state index contributed by atoms with van der Waals surface area (Å²) in [6, 6.07) is 18.0. The third kappa shape index (κ3) is 5.67. The largest absolute Gasteiger partial charge is 0.497 e. The Morgan fingerprint density at radius 1 is 1.06 bits per heavy atom. The minimum Gasteiger partial charge on any atom is -0.497 e. The van der Waals surface area contributed by atoms with E-state index in [1.165, 1.54) is 0 Å². The van der Waals surface area contributed by atoms with Gasteiger partial charge >= 0.3 is 0 Å². The molecule has 182 valence electrons. The van der Waals surface area contributed by atoms with Crippen molar-refractivity contribution in [2.24, 2.45) is 5.92 Å².